The van der Waals surface area contributed by atoms with E-state index >= 15 is 0 Å². The topological polar surface area (TPSA) is 93.8 Å². The maximum Gasteiger partial charge on any atom is 0.313 e. The molecule has 0 saturated heterocycles. The van der Waals surface area contributed by atoms with Gasteiger partial charge in [-0.05, 0) is 17.5 Å². The van der Waals surface area contributed by atoms with Gasteiger partial charge in [-0.1, -0.05) is 30.1 Å². The van der Waals surface area contributed by atoms with Crippen molar-refractivity contribution in [2.45, 2.75) is 24.9 Å². The van der Waals surface area contributed by atoms with Crippen molar-refractivity contribution in [2.24, 2.45) is 7.05 Å². The predicted molar refractivity (Wildman–Crippen MR) is 72.4 cm³/mol. The molecule has 0 aliphatic carbocycles. The molecular weight excluding hydrogens is 286 g/mol. The van der Waals surface area contributed by atoms with E-state index in [-0.39, 0.29) is 11.7 Å². The van der Waals surface area contributed by atoms with Crippen molar-refractivity contribution in [3.63, 3.8) is 0 Å². The van der Waals surface area contributed by atoms with Gasteiger partial charge in [0.2, 0.25) is 0 Å². The van der Waals surface area contributed by atoms with Crippen LogP contribution in [-0.2, 0) is 11.8 Å². The standard InChI is InChI=1S/C10H13N5O2S2/c1-5(2)7-8(19-14-12-7)9-11-10(15(3)13-9)18-4-6(16)17/h5H,4H2,1-3H3,(H,16,17). The first-order chi connectivity index (χ1) is 8.99. The quantitative estimate of drug-likeness (QED) is 0.838. The summed E-state index contributed by atoms with van der Waals surface area (Å²) < 4.78 is 5.51. The van der Waals surface area contributed by atoms with Crippen LogP contribution in [0.15, 0.2) is 5.16 Å². The molecule has 0 spiro atoms. The highest BCUT2D eigenvalue weighted by Gasteiger charge is 2.19. The SMILES string of the molecule is CC(C)c1nnsc1-c1nc(SCC(=O)O)n(C)n1. The fourth-order valence-corrected chi connectivity index (χ4v) is 2.83. The number of rotatable bonds is 5. The summed E-state index contributed by atoms with van der Waals surface area (Å²) in [5.41, 5.74) is 0.866. The lowest BCUT2D eigenvalue weighted by atomic mass is 10.1. The van der Waals surface area contributed by atoms with Crippen LogP contribution < -0.4 is 0 Å². The Kier molecular flexibility index (Phi) is 4.15. The highest BCUT2D eigenvalue weighted by molar-refractivity contribution is 7.99. The van der Waals surface area contributed by atoms with Crippen LogP contribution in [0.4, 0.5) is 0 Å². The molecule has 2 aromatic rings. The van der Waals surface area contributed by atoms with Crippen LogP contribution in [0.5, 0.6) is 0 Å². The maximum atomic E-state index is 10.6. The lowest BCUT2D eigenvalue weighted by Crippen LogP contribution is -2.00. The normalized spacial score (nSPS) is 11.2. The summed E-state index contributed by atoms with van der Waals surface area (Å²) in [6.07, 6.45) is 0. The number of hydrogen-bond donors (Lipinski definition) is 1. The lowest BCUT2D eigenvalue weighted by Gasteiger charge is -1.99. The van der Waals surface area contributed by atoms with Gasteiger partial charge in [-0.3, -0.25) is 4.79 Å². The Hall–Kier alpha value is -1.48. The molecule has 2 rings (SSSR count). The van der Waals surface area contributed by atoms with Gasteiger partial charge in [0.15, 0.2) is 11.0 Å². The first-order valence-corrected chi connectivity index (χ1v) is 7.33. The molecule has 0 radical (unpaired) electrons. The fourth-order valence-electron chi connectivity index (χ4n) is 1.45. The summed E-state index contributed by atoms with van der Waals surface area (Å²) in [6.45, 7) is 4.06. The molecule has 0 fully saturated rings. The fraction of sp³-hybridized carbons (Fsp3) is 0.500. The number of hydrogen-bond acceptors (Lipinski definition) is 7. The molecule has 9 heteroatoms. The van der Waals surface area contributed by atoms with Crippen molar-refractivity contribution in [1.82, 2.24) is 24.4 Å². The molecule has 1 N–H and O–H groups in total. The molecule has 2 heterocycles. The molecule has 0 aliphatic heterocycles. The van der Waals surface area contributed by atoms with E-state index in [1.54, 1.807) is 11.7 Å². The molecule has 0 saturated carbocycles. The van der Waals surface area contributed by atoms with Crippen LogP contribution in [0.1, 0.15) is 25.5 Å². The van der Waals surface area contributed by atoms with Crippen molar-refractivity contribution in [3.8, 4) is 10.7 Å². The minimum absolute atomic E-state index is 0.0377. The van der Waals surface area contributed by atoms with Crippen LogP contribution in [0.2, 0.25) is 0 Å². The Morgan fingerprint density at radius 1 is 1.53 bits per heavy atom. The predicted octanol–water partition coefficient (Wildman–Crippen LogP) is 1.63. The highest BCUT2D eigenvalue weighted by atomic mass is 32.2. The molecule has 0 amide bonds. The first-order valence-electron chi connectivity index (χ1n) is 5.57. The van der Waals surface area contributed by atoms with Crippen LogP contribution in [0.25, 0.3) is 10.7 Å². The number of carboxylic acid groups (broad SMARTS) is 1. The van der Waals surface area contributed by atoms with Gasteiger partial charge in [-0.15, -0.1) is 10.2 Å². The van der Waals surface area contributed by atoms with Gasteiger partial charge in [-0.2, -0.15) is 4.98 Å². The zero-order valence-corrected chi connectivity index (χ0v) is 12.3. The van der Waals surface area contributed by atoms with Crippen molar-refractivity contribution in [1.29, 1.82) is 0 Å². The first kappa shape index (κ1) is 13.9. The third-order valence-electron chi connectivity index (χ3n) is 2.31. The average molecular weight is 299 g/mol. The minimum Gasteiger partial charge on any atom is -0.481 e. The molecular formula is C10H13N5O2S2. The summed E-state index contributed by atoms with van der Waals surface area (Å²) >= 11 is 2.39. The molecule has 0 bridgehead atoms. The zero-order chi connectivity index (χ0) is 14.0. The number of aryl methyl sites for hydroxylation is 1. The Morgan fingerprint density at radius 2 is 2.26 bits per heavy atom. The second-order valence-electron chi connectivity index (χ2n) is 4.17. The van der Waals surface area contributed by atoms with Gasteiger partial charge in [0.1, 0.15) is 4.88 Å². The van der Waals surface area contributed by atoms with Crippen molar-refractivity contribution < 1.29 is 9.90 Å². The Morgan fingerprint density at radius 3 is 2.89 bits per heavy atom. The second-order valence-corrected chi connectivity index (χ2v) is 5.86. The van der Waals surface area contributed by atoms with E-state index in [4.69, 9.17) is 5.11 Å². The van der Waals surface area contributed by atoms with E-state index in [2.05, 4.69) is 19.7 Å². The average Bonchev–Trinajstić information content (AvgIpc) is 2.92. The smallest absolute Gasteiger partial charge is 0.313 e. The molecule has 0 aromatic carbocycles. The molecule has 0 unspecified atom stereocenters. The van der Waals surface area contributed by atoms with Gasteiger partial charge in [0.25, 0.3) is 0 Å². The lowest BCUT2D eigenvalue weighted by molar-refractivity contribution is -0.133. The number of aliphatic carboxylic acids is 1. The van der Waals surface area contributed by atoms with Crippen LogP contribution >= 0.6 is 23.3 Å². The Balaban J connectivity index is 2.28. The van der Waals surface area contributed by atoms with Crippen molar-refractivity contribution in [2.75, 3.05) is 5.75 Å². The van der Waals surface area contributed by atoms with Crippen molar-refractivity contribution >= 4 is 29.3 Å². The number of aromatic nitrogens is 5. The minimum atomic E-state index is -0.878. The van der Waals surface area contributed by atoms with Crippen molar-refractivity contribution in [3.05, 3.63) is 5.69 Å². The number of carbonyl (C=O) groups is 1. The maximum absolute atomic E-state index is 10.6. The van der Waals surface area contributed by atoms with Crippen LogP contribution in [0, 0.1) is 0 Å². The van der Waals surface area contributed by atoms with E-state index in [1.165, 1.54) is 11.5 Å². The van der Waals surface area contributed by atoms with E-state index in [9.17, 15) is 4.79 Å². The molecule has 19 heavy (non-hydrogen) atoms. The number of carboxylic acids is 1. The van der Waals surface area contributed by atoms with E-state index in [0.717, 1.165) is 22.3 Å². The summed E-state index contributed by atoms with van der Waals surface area (Å²) in [6, 6.07) is 0. The Bertz CT molecular complexity index is 593. The molecule has 102 valence electrons. The third-order valence-corrected chi connectivity index (χ3v) is 4.05. The van der Waals surface area contributed by atoms with Gasteiger partial charge < -0.3 is 5.11 Å². The van der Waals surface area contributed by atoms with E-state index in [1.807, 2.05) is 13.8 Å². The molecule has 2 aromatic heterocycles. The van der Waals surface area contributed by atoms with Gasteiger partial charge in [-0.25, -0.2) is 4.68 Å². The molecule has 0 aliphatic rings. The largest absolute Gasteiger partial charge is 0.481 e. The van der Waals surface area contributed by atoms with Gasteiger partial charge >= 0.3 is 5.97 Å². The third kappa shape index (κ3) is 3.10. The van der Waals surface area contributed by atoms with E-state index in [0.29, 0.717) is 11.0 Å². The summed E-state index contributed by atoms with van der Waals surface area (Å²) in [7, 11) is 1.74. The van der Waals surface area contributed by atoms with Crippen LogP contribution in [0.3, 0.4) is 0 Å². The summed E-state index contributed by atoms with van der Waals surface area (Å²) in [5, 5.41) is 17.6. The van der Waals surface area contributed by atoms with Gasteiger partial charge in [0.05, 0.1) is 11.4 Å². The highest BCUT2D eigenvalue weighted by Crippen LogP contribution is 2.29. The monoisotopic (exact) mass is 299 g/mol. The molecule has 7 nitrogen and oxygen atoms in total. The summed E-state index contributed by atoms with van der Waals surface area (Å²) in [5.74, 6) is -0.122. The van der Waals surface area contributed by atoms with E-state index < -0.39 is 5.97 Å². The Labute approximate surface area is 118 Å². The summed E-state index contributed by atoms with van der Waals surface area (Å²) in [4.78, 5) is 15.8. The second kappa shape index (κ2) is 5.66. The van der Waals surface area contributed by atoms with Crippen LogP contribution in [-0.4, -0.2) is 41.2 Å². The number of thioether (sulfide) groups is 1. The van der Waals surface area contributed by atoms with Gasteiger partial charge in [0, 0.05) is 7.05 Å². The number of nitrogens with zero attached hydrogens (tertiary/aromatic N) is 5. The molecule has 0 atom stereocenters. The zero-order valence-electron chi connectivity index (χ0n) is 10.7.